The van der Waals surface area contributed by atoms with Crippen LogP contribution in [0.5, 0.6) is 0 Å². The maximum absolute atomic E-state index is 12.1. The molecule has 1 saturated heterocycles. The molecule has 0 amide bonds. The summed E-state index contributed by atoms with van der Waals surface area (Å²) in [4.78, 5) is 0. The fourth-order valence-corrected chi connectivity index (χ4v) is 4.13. The second-order valence-corrected chi connectivity index (χ2v) is 8.71. The average Bonchev–Trinajstić information content (AvgIpc) is 2.18. The molecule has 0 aromatic rings. The molecule has 15 heavy (non-hydrogen) atoms. The normalized spacial score (nSPS) is 20.5. The lowest BCUT2D eigenvalue weighted by Gasteiger charge is -2.27. The van der Waals surface area contributed by atoms with Crippen LogP contribution in [0.25, 0.3) is 0 Å². The largest absolute Gasteiger partial charge is 0.381 e. The van der Waals surface area contributed by atoms with E-state index in [0.29, 0.717) is 19.0 Å². The van der Waals surface area contributed by atoms with Crippen LogP contribution in [0.3, 0.4) is 0 Å². The maximum Gasteiger partial charge on any atom is 0.164 e. The molecule has 1 aliphatic heterocycles. The Morgan fingerprint density at radius 3 is 2.33 bits per heavy atom. The van der Waals surface area contributed by atoms with Gasteiger partial charge in [0, 0.05) is 13.2 Å². The van der Waals surface area contributed by atoms with Gasteiger partial charge in [-0.05, 0) is 38.9 Å². The van der Waals surface area contributed by atoms with Crippen LogP contribution in [0.4, 0.5) is 0 Å². The lowest BCUT2D eigenvalue weighted by atomic mass is 10.0. The lowest BCUT2D eigenvalue weighted by Crippen LogP contribution is -2.34. The third-order valence-electron chi connectivity index (χ3n) is 3.04. The fourth-order valence-electron chi connectivity index (χ4n) is 1.55. The first-order valence-corrected chi connectivity index (χ1v) is 8.12. The predicted octanol–water partition coefficient (Wildman–Crippen LogP) is 1.93. The molecule has 0 spiro atoms. The number of rotatable bonds is 4. The third kappa shape index (κ3) is 3.36. The molecule has 0 radical (unpaired) electrons. The van der Waals surface area contributed by atoms with Crippen LogP contribution >= 0.6 is 11.8 Å². The average molecular weight is 252 g/mol. The molecule has 0 unspecified atom stereocenters. The summed E-state index contributed by atoms with van der Waals surface area (Å²) < 4.78 is 28.7. The highest BCUT2D eigenvalue weighted by molar-refractivity contribution is 8.14. The van der Waals surface area contributed by atoms with Crippen LogP contribution in [0.15, 0.2) is 0 Å². The van der Waals surface area contributed by atoms with Gasteiger partial charge in [-0.2, -0.15) is 0 Å². The van der Waals surface area contributed by atoms with Crippen molar-refractivity contribution < 1.29 is 13.2 Å². The molecule has 1 fully saturated rings. The van der Waals surface area contributed by atoms with E-state index in [2.05, 4.69) is 0 Å². The van der Waals surface area contributed by atoms with Gasteiger partial charge in [-0.3, -0.25) is 0 Å². The second-order valence-electron chi connectivity index (χ2n) is 4.44. The van der Waals surface area contributed by atoms with E-state index < -0.39 is 13.9 Å². The molecule has 0 saturated carbocycles. The number of hydrogen-bond acceptors (Lipinski definition) is 4. The zero-order chi connectivity index (χ0) is 11.5. The number of ether oxygens (including phenoxy) is 1. The van der Waals surface area contributed by atoms with Gasteiger partial charge in [0.25, 0.3) is 0 Å². The van der Waals surface area contributed by atoms with E-state index >= 15 is 0 Å². The summed E-state index contributed by atoms with van der Waals surface area (Å²) in [7, 11) is -3.00. The van der Waals surface area contributed by atoms with E-state index in [9.17, 15) is 8.42 Å². The third-order valence-corrected chi connectivity index (χ3v) is 7.69. The molecule has 5 heteroatoms. The molecule has 0 aromatic heterocycles. The Balaban J connectivity index is 2.63. The van der Waals surface area contributed by atoms with Crippen LogP contribution in [-0.4, -0.2) is 37.7 Å². The highest BCUT2D eigenvalue weighted by Gasteiger charge is 2.35. The molecule has 1 rings (SSSR count). The molecule has 0 N–H and O–H groups in total. The lowest BCUT2D eigenvalue weighted by molar-refractivity contribution is 0.0723. The summed E-state index contributed by atoms with van der Waals surface area (Å²) in [5.74, 6) is 0.597. The molecular formula is C10H20O3S2. The zero-order valence-electron chi connectivity index (χ0n) is 9.65. The summed E-state index contributed by atoms with van der Waals surface area (Å²) in [6, 6.07) is 0. The highest BCUT2D eigenvalue weighted by Crippen LogP contribution is 2.31. The number of sulfone groups is 1. The van der Waals surface area contributed by atoms with Gasteiger partial charge in [-0.15, -0.1) is 11.8 Å². The van der Waals surface area contributed by atoms with Crippen molar-refractivity contribution in [3.63, 3.8) is 0 Å². The van der Waals surface area contributed by atoms with Gasteiger partial charge in [0.2, 0.25) is 0 Å². The van der Waals surface area contributed by atoms with Gasteiger partial charge in [-0.25, -0.2) is 8.42 Å². The van der Waals surface area contributed by atoms with Crippen molar-refractivity contribution in [2.75, 3.05) is 25.2 Å². The Kier molecular flexibility index (Phi) is 4.50. The first kappa shape index (κ1) is 13.3. The molecule has 0 aromatic carbocycles. The van der Waals surface area contributed by atoms with E-state index in [4.69, 9.17) is 4.74 Å². The standard InChI is InChI=1S/C10H20O3S2/c1-10(2,14-3)15(11,12)8-9-4-6-13-7-5-9/h9H,4-8H2,1-3H3. The number of thioether (sulfide) groups is 1. The molecule has 3 nitrogen and oxygen atoms in total. The van der Waals surface area contributed by atoms with Crippen LogP contribution in [-0.2, 0) is 14.6 Å². The van der Waals surface area contributed by atoms with Crippen LogP contribution in [0.1, 0.15) is 26.7 Å². The minimum Gasteiger partial charge on any atom is -0.381 e. The van der Waals surface area contributed by atoms with Crippen molar-refractivity contribution in [3.8, 4) is 0 Å². The van der Waals surface area contributed by atoms with Gasteiger partial charge in [0.15, 0.2) is 9.84 Å². The molecular weight excluding hydrogens is 232 g/mol. The fraction of sp³-hybridized carbons (Fsp3) is 1.00. The van der Waals surface area contributed by atoms with Gasteiger partial charge in [0.1, 0.15) is 4.08 Å². The van der Waals surface area contributed by atoms with Crippen molar-refractivity contribution in [1.82, 2.24) is 0 Å². The molecule has 0 aliphatic carbocycles. The monoisotopic (exact) mass is 252 g/mol. The Labute approximate surface area is 96.9 Å². The predicted molar refractivity (Wildman–Crippen MR) is 64.9 cm³/mol. The van der Waals surface area contributed by atoms with E-state index in [1.54, 1.807) is 13.8 Å². The second kappa shape index (κ2) is 5.06. The summed E-state index contributed by atoms with van der Waals surface area (Å²) in [6.45, 7) is 4.98. The van der Waals surface area contributed by atoms with E-state index in [1.165, 1.54) is 11.8 Å². The topological polar surface area (TPSA) is 43.4 Å². The molecule has 0 atom stereocenters. The van der Waals surface area contributed by atoms with Crippen molar-refractivity contribution in [2.45, 2.75) is 30.8 Å². The Bertz CT molecular complexity index is 290. The Hall–Kier alpha value is 0.260. The zero-order valence-corrected chi connectivity index (χ0v) is 11.3. The smallest absolute Gasteiger partial charge is 0.164 e. The van der Waals surface area contributed by atoms with Crippen LogP contribution in [0.2, 0.25) is 0 Å². The summed E-state index contributed by atoms with van der Waals surface area (Å²) >= 11 is 1.40. The summed E-state index contributed by atoms with van der Waals surface area (Å²) in [6.07, 6.45) is 3.61. The first-order chi connectivity index (χ1) is 6.89. The molecule has 0 bridgehead atoms. The first-order valence-electron chi connectivity index (χ1n) is 5.24. The Morgan fingerprint density at radius 2 is 1.87 bits per heavy atom. The summed E-state index contributed by atoms with van der Waals surface area (Å²) in [5, 5.41) is 0. The van der Waals surface area contributed by atoms with Gasteiger partial charge in [-0.1, -0.05) is 0 Å². The van der Waals surface area contributed by atoms with Gasteiger partial charge >= 0.3 is 0 Å². The van der Waals surface area contributed by atoms with E-state index in [0.717, 1.165) is 12.8 Å². The van der Waals surface area contributed by atoms with Crippen molar-refractivity contribution in [3.05, 3.63) is 0 Å². The highest BCUT2D eigenvalue weighted by atomic mass is 32.3. The van der Waals surface area contributed by atoms with E-state index in [1.807, 2.05) is 6.26 Å². The van der Waals surface area contributed by atoms with E-state index in [-0.39, 0.29) is 5.92 Å². The van der Waals surface area contributed by atoms with Gasteiger partial charge in [0.05, 0.1) is 5.75 Å². The number of hydrogen-bond donors (Lipinski definition) is 0. The van der Waals surface area contributed by atoms with Crippen molar-refractivity contribution in [1.29, 1.82) is 0 Å². The van der Waals surface area contributed by atoms with Gasteiger partial charge < -0.3 is 4.74 Å². The summed E-state index contributed by atoms with van der Waals surface area (Å²) in [5.41, 5.74) is 0. The maximum atomic E-state index is 12.1. The Morgan fingerprint density at radius 1 is 1.33 bits per heavy atom. The molecule has 1 heterocycles. The minimum atomic E-state index is -3.00. The molecule has 90 valence electrons. The van der Waals surface area contributed by atoms with Crippen molar-refractivity contribution >= 4 is 21.6 Å². The minimum absolute atomic E-state index is 0.287. The SMILES string of the molecule is CSC(C)(C)S(=O)(=O)CC1CCOCC1. The van der Waals surface area contributed by atoms with Crippen molar-refractivity contribution in [2.24, 2.45) is 5.92 Å². The van der Waals surface area contributed by atoms with Crippen LogP contribution in [0, 0.1) is 5.92 Å². The van der Waals surface area contributed by atoms with Crippen LogP contribution < -0.4 is 0 Å². The quantitative estimate of drug-likeness (QED) is 0.767. The molecule has 1 aliphatic rings.